The molecule has 0 aliphatic carbocycles. The average Bonchev–Trinajstić information content (AvgIpc) is 3.70. The van der Waals surface area contributed by atoms with Crippen LogP contribution in [0.5, 0.6) is 0 Å². The molecular formula is C81H61N3. The van der Waals surface area contributed by atoms with Crippen LogP contribution in [0.1, 0.15) is 62.8 Å². The van der Waals surface area contributed by atoms with Crippen molar-refractivity contribution < 1.29 is 0 Å². The van der Waals surface area contributed by atoms with Gasteiger partial charge in [0, 0.05) is 11.3 Å². The first-order valence-corrected chi connectivity index (χ1v) is 29.1. The summed E-state index contributed by atoms with van der Waals surface area (Å²) >= 11 is 0. The van der Waals surface area contributed by atoms with Gasteiger partial charge in [-0.1, -0.05) is 291 Å². The summed E-state index contributed by atoms with van der Waals surface area (Å²) in [4.78, 5) is 0. The van der Waals surface area contributed by atoms with Crippen molar-refractivity contribution in [1.82, 2.24) is 16.0 Å². The fourth-order valence-electron chi connectivity index (χ4n) is 12.2. The molecular weight excluding hydrogens is 1010 g/mol. The van der Waals surface area contributed by atoms with Crippen LogP contribution in [0.25, 0.3) is 83.7 Å². The van der Waals surface area contributed by atoms with Crippen LogP contribution in [-0.4, -0.2) is 0 Å². The molecule has 84 heavy (non-hydrogen) atoms. The van der Waals surface area contributed by atoms with Crippen LogP contribution >= 0.6 is 0 Å². The van der Waals surface area contributed by atoms with E-state index in [1.54, 1.807) is 0 Å². The maximum Gasteiger partial charge on any atom is 0.104 e. The highest BCUT2D eigenvalue weighted by atomic mass is 15.2. The Balaban J connectivity index is 0.874. The Kier molecular flexibility index (Phi) is 14.4. The summed E-state index contributed by atoms with van der Waals surface area (Å²) in [6.45, 7) is 0. The molecule has 3 atom stereocenters. The average molecular weight is 1080 g/mol. The van der Waals surface area contributed by atoms with Crippen LogP contribution < -0.4 is 16.0 Å². The maximum atomic E-state index is 4.12. The molecule has 0 saturated carbocycles. The van der Waals surface area contributed by atoms with Gasteiger partial charge in [0.05, 0.1) is 17.8 Å². The standard InChI is InChI=1S/C81H61N3/c1-9-25-56(26-10-1)68-49-69(57-27-11-2-12-28-57)52-72(51-68)75-55-74(82-81(83-75)73-53-70(58-29-13-3-14-30-58)50-71(54-73)59-31-15-4-16-32-59)62-45-41-60(42-46-62)61-43-47-65(48-44-61)76-77(63-33-17-5-18-34-63)79(66-37-21-7-22-38-66)84-80(67-39-23-8-24-40-67)78(76)64-35-19-6-20-36-64/h1-55,75,79,81-84H. The van der Waals surface area contributed by atoms with Gasteiger partial charge in [-0.3, -0.25) is 5.32 Å². The van der Waals surface area contributed by atoms with E-state index < -0.39 is 0 Å². The second-order valence-electron chi connectivity index (χ2n) is 21.7. The number of benzene rings is 12. The van der Waals surface area contributed by atoms with Crippen molar-refractivity contribution in [1.29, 1.82) is 0 Å². The van der Waals surface area contributed by atoms with Crippen molar-refractivity contribution in [3.8, 4) is 55.6 Å². The zero-order valence-corrected chi connectivity index (χ0v) is 46.5. The second-order valence-corrected chi connectivity index (χ2v) is 21.7. The molecule has 0 saturated heterocycles. The second kappa shape index (κ2) is 23.5. The van der Waals surface area contributed by atoms with E-state index in [1.165, 1.54) is 77.9 Å². The molecule has 3 heteroatoms. The number of hydrogen-bond acceptors (Lipinski definition) is 3. The SMILES string of the molecule is C1=C(c2ccc(-c3ccc(C4=C(c5ccccc5)C(c5ccccc5)NC(c5ccccc5)=C4c4ccccc4)cc3)cc2)NC(c2cc(-c3ccccc3)cc(-c3ccccc3)c2)NC1c1cc(-c2ccccc2)cc(-c2ccccc2)c1. The largest absolute Gasteiger partial charge is 0.373 e. The molecule has 2 aliphatic heterocycles. The molecule has 3 nitrogen and oxygen atoms in total. The third kappa shape index (κ3) is 10.8. The van der Waals surface area contributed by atoms with Crippen LogP contribution in [0.15, 0.2) is 334 Å². The summed E-state index contributed by atoms with van der Waals surface area (Å²) < 4.78 is 0. The third-order valence-electron chi connectivity index (χ3n) is 16.4. The first-order valence-electron chi connectivity index (χ1n) is 29.1. The predicted molar refractivity (Wildman–Crippen MR) is 352 cm³/mol. The van der Waals surface area contributed by atoms with E-state index in [2.05, 4.69) is 350 Å². The van der Waals surface area contributed by atoms with Crippen LogP contribution in [-0.2, 0) is 0 Å². The van der Waals surface area contributed by atoms with Gasteiger partial charge in [-0.15, -0.1) is 0 Å². The molecule has 3 N–H and O–H groups in total. The van der Waals surface area contributed by atoms with Gasteiger partial charge in [-0.2, -0.15) is 0 Å². The van der Waals surface area contributed by atoms with E-state index in [4.69, 9.17) is 0 Å². The topological polar surface area (TPSA) is 36.1 Å². The minimum atomic E-state index is -0.238. The molecule has 0 amide bonds. The van der Waals surface area contributed by atoms with Crippen molar-refractivity contribution >= 4 is 28.1 Å². The zero-order valence-electron chi connectivity index (χ0n) is 46.5. The summed E-state index contributed by atoms with van der Waals surface area (Å²) in [5.74, 6) is 0. The lowest BCUT2D eigenvalue weighted by Gasteiger charge is -2.36. The van der Waals surface area contributed by atoms with Gasteiger partial charge in [0.25, 0.3) is 0 Å². The summed E-state index contributed by atoms with van der Waals surface area (Å²) in [5, 5.41) is 12.3. The van der Waals surface area contributed by atoms with E-state index in [9.17, 15) is 0 Å². The Hall–Kier alpha value is -10.6. The summed E-state index contributed by atoms with van der Waals surface area (Å²) in [6.07, 6.45) is 2.14. The van der Waals surface area contributed by atoms with Crippen molar-refractivity contribution in [2.75, 3.05) is 0 Å². The molecule has 3 unspecified atom stereocenters. The van der Waals surface area contributed by atoms with E-state index in [1.807, 2.05) is 0 Å². The Labute approximate surface area is 493 Å². The zero-order chi connectivity index (χ0) is 56.0. The van der Waals surface area contributed by atoms with Crippen molar-refractivity contribution in [3.05, 3.63) is 378 Å². The summed E-state index contributed by atoms with van der Waals surface area (Å²) in [5.41, 5.74) is 26.8. The van der Waals surface area contributed by atoms with Crippen LogP contribution in [0.4, 0.5) is 0 Å². The van der Waals surface area contributed by atoms with Crippen molar-refractivity contribution in [2.24, 2.45) is 0 Å². The first-order chi connectivity index (χ1) is 41.6. The third-order valence-corrected chi connectivity index (χ3v) is 16.4. The van der Waals surface area contributed by atoms with Gasteiger partial charge >= 0.3 is 0 Å². The highest BCUT2D eigenvalue weighted by Crippen LogP contribution is 2.50. The Bertz CT molecular complexity index is 4200. The molecule has 12 aromatic carbocycles. The number of hydrogen-bond donors (Lipinski definition) is 3. The lowest BCUT2D eigenvalue weighted by Crippen LogP contribution is -2.39. The smallest absolute Gasteiger partial charge is 0.104 e. The van der Waals surface area contributed by atoms with E-state index in [0.29, 0.717) is 0 Å². The monoisotopic (exact) mass is 1080 g/mol. The fourth-order valence-corrected chi connectivity index (χ4v) is 12.2. The summed E-state index contributed by atoms with van der Waals surface area (Å²) in [7, 11) is 0. The molecule has 2 aliphatic rings. The predicted octanol–water partition coefficient (Wildman–Crippen LogP) is 19.8. The Morgan fingerprint density at radius 2 is 0.560 bits per heavy atom. The molecule has 0 spiro atoms. The molecule has 0 radical (unpaired) electrons. The molecule has 0 fully saturated rings. The molecule has 0 bridgehead atoms. The minimum Gasteiger partial charge on any atom is -0.373 e. The number of dihydropyridines is 1. The Morgan fingerprint density at radius 1 is 0.226 bits per heavy atom. The molecule has 2 heterocycles. The van der Waals surface area contributed by atoms with Crippen LogP contribution in [0.2, 0.25) is 0 Å². The maximum absolute atomic E-state index is 4.12. The number of rotatable bonds is 13. The lowest BCUT2D eigenvalue weighted by atomic mass is 9.77. The molecule has 14 rings (SSSR count). The molecule has 12 aromatic rings. The summed E-state index contributed by atoms with van der Waals surface area (Å²) in [6, 6.07) is 119. The van der Waals surface area contributed by atoms with Gasteiger partial charge in [-0.05, 0) is 154 Å². The van der Waals surface area contributed by atoms with E-state index in [0.717, 1.165) is 50.3 Å². The van der Waals surface area contributed by atoms with E-state index >= 15 is 0 Å². The number of allylic oxidation sites excluding steroid dienone is 2. The normalized spacial score (nSPS) is 15.9. The van der Waals surface area contributed by atoms with Gasteiger partial charge in [-0.25, -0.2) is 0 Å². The molecule has 400 valence electrons. The lowest BCUT2D eigenvalue weighted by molar-refractivity contribution is 0.443. The van der Waals surface area contributed by atoms with Gasteiger partial charge in [0.2, 0.25) is 0 Å². The highest BCUT2D eigenvalue weighted by molar-refractivity contribution is 6.24. The number of nitrogens with one attached hydrogen (secondary N) is 3. The van der Waals surface area contributed by atoms with Crippen LogP contribution in [0, 0.1) is 0 Å². The van der Waals surface area contributed by atoms with Gasteiger partial charge in [0.1, 0.15) is 6.17 Å². The fraction of sp³-hybridized carbons (Fsp3) is 0.0370. The quantitative estimate of drug-likeness (QED) is 0.108. The van der Waals surface area contributed by atoms with Crippen LogP contribution in [0.3, 0.4) is 0 Å². The van der Waals surface area contributed by atoms with E-state index in [-0.39, 0.29) is 18.2 Å². The van der Waals surface area contributed by atoms with Crippen molar-refractivity contribution in [2.45, 2.75) is 18.2 Å². The Morgan fingerprint density at radius 3 is 1.00 bits per heavy atom. The van der Waals surface area contributed by atoms with Gasteiger partial charge in [0.15, 0.2) is 0 Å². The molecule has 0 aromatic heterocycles. The van der Waals surface area contributed by atoms with Gasteiger partial charge < -0.3 is 10.6 Å². The minimum absolute atomic E-state index is 0.118. The highest BCUT2D eigenvalue weighted by Gasteiger charge is 2.33. The first kappa shape index (κ1) is 51.6. The van der Waals surface area contributed by atoms with Crippen molar-refractivity contribution in [3.63, 3.8) is 0 Å².